The Hall–Kier alpha value is -2.74. The van der Waals surface area contributed by atoms with Crippen molar-refractivity contribution in [3.8, 4) is 0 Å². The van der Waals surface area contributed by atoms with Crippen LogP contribution in [-0.2, 0) is 6.54 Å². The molecular formula is C11H11N5O3. The number of nitro groups is 1. The van der Waals surface area contributed by atoms with Gasteiger partial charge in [0.25, 0.3) is 11.2 Å². The highest BCUT2D eigenvalue weighted by molar-refractivity contribution is 5.41. The van der Waals surface area contributed by atoms with Crippen molar-refractivity contribution >= 4 is 11.4 Å². The predicted molar refractivity (Wildman–Crippen MR) is 68.5 cm³/mol. The Morgan fingerprint density at radius 1 is 1.42 bits per heavy atom. The average molecular weight is 261 g/mol. The van der Waals surface area contributed by atoms with Gasteiger partial charge < -0.3 is 9.99 Å². The van der Waals surface area contributed by atoms with Crippen LogP contribution in [0.2, 0.25) is 0 Å². The Balaban J connectivity index is 2.34. The van der Waals surface area contributed by atoms with Gasteiger partial charge in [-0.25, -0.2) is 0 Å². The molecule has 0 bridgehead atoms. The van der Waals surface area contributed by atoms with Crippen LogP contribution in [0.15, 0.2) is 41.5 Å². The first-order valence-corrected chi connectivity index (χ1v) is 5.36. The monoisotopic (exact) mass is 261 g/mol. The smallest absolute Gasteiger partial charge is 0.285 e. The van der Waals surface area contributed by atoms with Crippen molar-refractivity contribution in [2.75, 3.05) is 5.43 Å². The van der Waals surface area contributed by atoms with E-state index in [2.05, 4.69) is 10.4 Å². The van der Waals surface area contributed by atoms with Crippen LogP contribution in [0.5, 0.6) is 0 Å². The summed E-state index contributed by atoms with van der Waals surface area (Å²) in [5.41, 5.74) is 3.19. The van der Waals surface area contributed by atoms with Crippen LogP contribution >= 0.6 is 0 Å². The molecule has 2 aromatic heterocycles. The Labute approximate surface area is 107 Å². The number of pyridine rings is 2. The van der Waals surface area contributed by atoms with Crippen molar-refractivity contribution in [3.05, 3.63) is 62.8 Å². The van der Waals surface area contributed by atoms with Crippen LogP contribution in [0.1, 0.15) is 5.69 Å². The lowest BCUT2D eigenvalue weighted by molar-refractivity contribution is -0.385. The molecule has 0 atom stereocenters. The fourth-order valence-electron chi connectivity index (χ4n) is 1.58. The molecule has 0 spiro atoms. The Morgan fingerprint density at radius 3 is 2.89 bits per heavy atom. The standard InChI is InChI=1S/C11H11N5O3/c12-14-8-3-4-13-9(5-8)6-15-7-10(16(18)19)1-2-11(15)17/h1-5,7H,6,12H2,(H,13,14). The third-order valence-corrected chi connectivity index (χ3v) is 2.49. The summed E-state index contributed by atoms with van der Waals surface area (Å²) in [6, 6.07) is 5.65. The lowest BCUT2D eigenvalue weighted by Gasteiger charge is -2.06. The highest BCUT2D eigenvalue weighted by atomic mass is 16.6. The fraction of sp³-hybridized carbons (Fsp3) is 0.0909. The molecule has 0 unspecified atom stereocenters. The van der Waals surface area contributed by atoms with Gasteiger partial charge in [-0.3, -0.25) is 25.7 Å². The number of nitrogens with zero attached hydrogens (tertiary/aromatic N) is 3. The van der Waals surface area contributed by atoms with E-state index in [1.54, 1.807) is 12.1 Å². The molecule has 19 heavy (non-hydrogen) atoms. The van der Waals surface area contributed by atoms with Crippen molar-refractivity contribution in [2.24, 2.45) is 5.84 Å². The minimum absolute atomic E-state index is 0.135. The van der Waals surface area contributed by atoms with Gasteiger partial charge in [-0.1, -0.05) is 0 Å². The van der Waals surface area contributed by atoms with Gasteiger partial charge >= 0.3 is 0 Å². The number of hydrogen-bond acceptors (Lipinski definition) is 6. The van der Waals surface area contributed by atoms with Gasteiger partial charge in [-0.15, -0.1) is 0 Å². The summed E-state index contributed by atoms with van der Waals surface area (Å²) in [7, 11) is 0. The molecule has 0 aromatic carbocycles. The lowest BCUT2D eigenvalue weighted by Crippen LogP contribution is -2.20. The van der Waals surface area contributed by atoms with Crippen LogP contribution in [0.25, 0.3) is 0 Å². The van der Waals surface area contributed by atoms with Crippen LogP contribution in [0.3, 0.4) is 0 Å². The van der Waals surface area contributed by atoms with Gasteiger partial charge in [0.2, 0.25) is 0 Å². The van der Waals surface area contributed by atoms with Gasteiger partial charge in [0.05, 0.1) is 29.0 Å². The van der Waals surface area contributed by atoms with E-state index < -0.39 is 4.92 Å². The average Bonchev–Trinajstić information content (AvgIpc) is 2.41. The molecule has 8 heteroatoms. The van der Waals surface area contributed by atoms with Crippen LogP contribution in [-0.4, -0.2) is 14.5 Å². The maximum absolute atomic E-state index is 11.6. The second-order valence-corrected chi connectivity index (χ2v) is 3.79. The van der Waals surface area contributed by atoms with Crippen molar-refractivity contribution in [1.82, 2.24) is 9.55 Å². The van der Waals surface area contributed by atoms with Crippen LogP contribution < -0.4 is 16.8 Å². The number of rotatable bonds is 4. The largest absolute Gasteiger partial charge is 0.324 e. The first kappa shape index (κ1) is 12.7. The summed E-state index contributed by atoms with van der Waals surface area (Å²) in [6.45, 7) is 0.135. The number of nitrogen functional groups attached to an aromatic ring is 1. The molecule has 0 amide bonds. The van der Waals surface area contributed by atoms with Crippen molar-refractivity contribution in [3.63, 3.8) is 0 Å². The van der Waals surface area contributed by atoms with E-state index >= 15 is 0 Å². The molecule has 0 saturated carbocycles. The van der Waals surface area contributed by atoms with E-state index in [4.69, 9.17) is 5.84 Å². The summed E-state index contributed by atoms with van der Waals surface area (Å²) in [5, 5.41) is 10.7. The second kappa shape index (κ2) is 5.27. The number of nitrogens with one attached hydrogen (secondary N) is 1. The summed E-state index contributed by atoms with van der Waals surface area (Å²) in [4.78, 5) is 25.8. The normalized spacial score (nSPS) is 10.2. The molecular weight excluding hydrogens is 250 g/mol. The summed E-state index contributed by atoms with van der Waals surface area (Å²) < 4.78 is 1.22. The Kier molecular flexibility index (Phi) is 3.53. The first-order valence-electron chi connectivity index (χ1n) is 5.36. The minimum atomic E-state index is -0.554. The molecule has 2 aromatic rings. The van der Waals surface area contributed by atoms with Gasteiger partial charge in [-0.2, -0.15) is 0 Å². The van der Waals surface area contributed by atoms with E-state index in [9.17, 15) is 14.9 Å². The highest BCUT2D eigenvalue weighted by Gasteiger charge is 2.08. The Morgan fingerprint density at radius 2 is 2.21 bits per heavy atom. The zero-order chi connectivity index (χ0) is 13.8. The van der Waals surface area contributed by atoms with E-state index in [-0.39, 0.29) is 17.8 Å². The predicted octanol–water partition coefficient (Wildman–Crippen LogP) is 0.485. The van der Waals surface area contributed by atoms with E-state index in [0.29, 0.717) is 11.4 Å². The first-order chi connectivity index (χ1) is 9.10. The zero-order valence-corrected chi connectivity index (χ0v) is 9.81. The SMILES string of the molecule is NNc1ccnc(Cn2cc([N+](=O)[O-])ccc2=O)c1. The summed E-state index contributed by atoms with van der Waals surface area (Å²) in [6.07, 6.45) is 2.72. The van der Waals surface area contributed by atoms with E-state index in [1.165, 1.54) is 23.0 Å². The molecule has 8 nitrogen and oxygen atoms in total. The molecule has 0 radical (unpaired) electrons. The number of anilines is 1. The van der Waals surface area contributed by atoms with Gasteiger partial charge in [-0.05, 0) is 12.1 Å². The maximum atomic E-state index is 11.6. The second-order valence-electron chi connectivity index (χ2n) is 3.79. The van der Waals surface area contributed by atoms with Gasteiger partial charge in [0.1, 0.15) is 0 Å². The molecule has 2 heterocycles. The van der Waals surface area contributed by atoms with E-state index in [1.807, 2.05) is 0 Å². The third kappa shape index (κ3) is 2.93. The minimum Gasteiger partial charge on any atom is -0.324 e. The van der Waals surface area contributed by atoms with E-state index in [0.717, 1.165) is 6.07 Å². The summed E-state index contributed by atoms with van der Waals surface area (Å²) >= 11 is 0. The molecule has 0 fully saturated rings. The van der Waals surface area contributed by atoms with Crippen LogP contribution in [0, 0.1) is 10.1 Å². The molecule has 0 aliphatic rings. The third-order valence-electron chi connectivity index (χ3n) is 2.49. The number of aromatic nitrogens is 2. The fourth-order valence-corrected chi connectivity index (χ4v) is 1.58. The topological polar surface area (TPSA) is 116 Å². The number of hydrogen-bond donors (Lipinski definition) is 2. The molecule has 0 aliphatic carbocycles. The summed E-state index contributed by atoms with van der Waals surface area (Å²) in [5.74, 6) is 5.27. The van der Waals surface area contributed by atoms with Gasteiger partial charge in [0, 0.05) is 18.3 Å². The van der Waals surface area contributed by atoms with Crippen molar-refractivity contribution in [2.45, 2.75) is 6.54 Å². The molecule has 0 saturated heterocycles. The lowest BCUT2D eigenvalue weighted by atomic mass is 10.3. The maximum Gasteiger partial charge on any atom is 0.285 e. The number of nitrogens with two attached hydrogens (primary N) is 1. The molecule has 3 N–H and O–H groups in total. The van der Waals surface area contributed by atoms with Gasteiger partial charge in [0.15, 0.2) is 0 Å². The Bertz CT molecular complexity index is 667. The highest BCUT2D eigenvalue weighted by Crippen LogP contribution is 2.10. The zero-order valence-electron chi connectivity index (χ0n) is 9.81. The molecule has 2 rings (SSSR count). The number of hydrazine groups is 1. The quantitative estimate of drug-likeness (QED) is 0.470. The van der Waals surface area contributed by atoms with Crippen molar-refractivity contribution < 1.29 is 4.92 Å². The molecule has 0 aliphatic heterocycles. The molecule has 98 valence electrons. The van der Waals surface area contributed by atoms with Crippen molar-refractivity contribution in [1.29, 1.82) is 0 Å². The van der Waals surface area contributed by atoms with Crippen LogP contribution in [0.4, 0.5) is 11.4 Å².